The van der Waals surface area contributed by atoms with Gasteiger partial charge in [-0.05, 0) is 50.6 Å². The van der Waals surface area contributed by atoms with Crippen molar-refractivity contribution in [3.8, 4) is 0 Å². The molecule has 3 rings (SSSR count). The highest BCUT2D eigenvalue weighted by Crippen LogP contribution is 2.27. The van der Waals surface area contributed by atoms with Crippen molar-refractivity contribution < 1.29 is 4.39 Å². The molecule has 1 fully saturated rings. The maximum atomic E-state index is 13.8. The van der Waals surface area contributed by atoms with E-state index < -0.39 is 0 Å². The number of unbranched alkanes of at least 4 members (excludes halogenated alkanes) is 1. The van der Waals surface area contributed by atoms with E-state index in [0.717, 1.165) is 70.7 Å². The highest BCUT2D eigenvalue weighted by atomic mass is 19.1. The summed E-state index contributed by atoms with van der Waals surface area (Å²) in [6.07, 6.45) is 5.05. The molecule has 1 aliphatic rings. The number of rotatable bonds is 8. The van der Waals surface area contributed by atoms with Crippen LogP contribution in [0.4, 0.5) is 4.39 Å². The smallest absolute Gasteiger partial charge is 0.261 e. The van der Waals surface area contributed by atoms with Crippen molar-refractivity contribution in [2.24, 2.45) is 0 Å². The molecule has 1 atom stereocenters. The van der Waals surface area contributed by atoms with Gasteiger partial charge in [0.1, 0.15) is 11.6 Å². The molecule has 0 bridgehead atoms. The summed E-state index contributed by atoms with van der Waals surface area (Å²) in [6.45, 7) is 12.4. The van der Waals surface area contributed by atoms with E-state index in [1.54, 1.807) is 6.07 Å². The van der Waals surface area contributed by atoms with Crippen LogP contribution in [0.2, 0.25) is 0 Å². The van der Waals surface area contributed by atoms with Gasteiger partial charge in [-0.25, -0.2) is 9.37 Å². The minimum absolute atomic E-state index is 0.107. The predicted octanol–water partition coefficient (Wildman–Crippen LogP) is 4.20. The van der Waals surface area contributed by atoms with Crippen molar-refractivity contribution >= 4 is 10.9 Å². The highest BCUT2D eigenvalue weighted by Gasteiger charge is 2.27. The van der Waals surface area contributed by atoms with Crippen LogP contribution in [0.5, 0.6) is 0 Å². The van der Waals surface area contributed by atoms with Crippen molar-refractivity contribution in [1.82, 2.24) is 19.4 Å². The minimum Gasteiger partial charge on any atom is -0.302 e. The lowest BCUT2D eigenvalue weighted by molar-refractivity contribution is 0.177. The van der Waals surface area contributed by atoms with Crippen LogP contribution < -0.4 is 5.56 Å². The quantitative estimate of drug-likeness (QED) is 0.663. The third-order valence-electron chi connectivity index (χ3n) is 6.05. The summed E-state index contributed by atoms with van der Waals surface area (Å²) in [5, 5.41) is 0.383. The third-order valence-corrected chi connectivity index (χ3v) is 6.05. The molecule has 0 spiro atoms. The Kier molecular flexibility index (Phi) is 7.78. The maximum absolute atomic E-state index is 13.8. The summed E-state index contributed by atoms with van der Waals surface area (Å²) < 4.78 is 15.6. The lowest BCUT2D eigenvalue weighted by Crippen LogP contribution is -2.37. The molecule has 0 saturated carbocycles. The van der Waals surface area contributed by atoms with E-state index in [0.29, 0.717) is 17.4 Å². The molecule has 6 heteroatoms. The van der Waals surface area contributed by atoms with Crippen LogP contribution in [0.3, 0.4) is 0 Å². The number of benzene rings is 1. The number of likely N-dealkylation sites (N-methyl/N-ethyl adjacent to an activating group) is 1. The van der Waals surface area contributed by atoms with Gasteiger partial charge in [-0.3, -0.25) is 14.3 Å². The Balaban J connectivity index is 2.07. The fourth-order valence-electron chi connectivity index (χ4n) is 4.36. The van der Waals surface area contributed by atoms with Gasteiger partial charge in [0.2, 0.25) is 0 Å². The van der Waals surface area contributed by atoms with Gasteiger partial charge in [0.25, 0.3) is 5.56 Å². The van der Waals surface area contributed by atoms with Gasteiger partial charge in [0.05, 0.1) is 16.9 Å². The Morgan fingerprint density at radius 3 is 2.66 bits per heavy atom. The van der Waals surface area contributed by atoms with E-state index in [4.69, 9.17) is 4.98 Å². The molecule has 1 aromatic carbocycles. The van der Waals surface area contributed by atoms with Crippen molar-refractivity contribution in [3.63, 3.8) is 0 Å². The van der Waals surface area contributed by atoms with Gasteiger partial charge in [-0.2, -0.15) is 0 Å². The summed E-state index contributed by atoms with van der Waals surface area (Å²) in [5.41, 5.74) is 0.495. The van der Waals surface area contributed by atoms with E-state index in [1.807, 2.05) is 4.57 Å². The van der Waals surface area contributed by atoms with Crippen LogP contribution in [-0.4, -0.2) is 52.1 Å². The Bertz CT molecular complexity index is 866. The monoisotopic (exact) mass is 402 g/mol. The molecule has 29 heavy (non-hydrogen) atoms. The summed E-state index contributed by atoms with van der Waals surface area (Å²) in [5.74, 6) is 0.470. The van der Waals surface area contributed by atoms with Crippen LogP contribution in [0.25, 0.3) is 10.9 Å². The number of fused-ring (bicyclic) bond motifs is 1. The second kappa shape index (κ2) is 10.3. The molecule has 0 N–H and O–H groups in total. The Morgan fingerprint density at radius 2 is 1.93 bits per heavy atom. The summed E-state index contributed by atoms with van der Waals surface area (Å²) >= 11 is 0. The Labute approximate surface area is 173 Å². The largest absolute Gasteiger partial charge is 0.302 e. The van der Waals surface area contributed by atoms with Crippen LogP contribution in [-0.2, 0) is 6.54 Å². The summed E-state index contributed by atoms with van der Waals surface area (Å²) in [7, 11) is 0. The van der Waals surface area contributed by atoms with Crippen LogP contribution in [0, 0.1) is 5.82 Å². The van der Waals surface area contributed by atoms with Crippen molar-refractivity contribution in [1.29, 1.82) is 0 Å². The molecule has 0 radical (unpaired) electrons. The van der Waals surface area contributed by atoms with E-state index >= 15 is 0 Å². The number of hydrogen-bond acceptors (Lipinski definition) is 4. The average Bonchev–Trinajstić information content (AvgIpc) is 2.97. The molecular weight excluding hydrogens is 367 g/mol. The third kappa shape index (κ3) is 5.04. The van der Waals surface area contributed by atoms with E-state index in [1.165, 1.54) is 12.1 Å². The van der Waals surface area contributed by atoms with Gasteiger partial charge in [0.15, 0.2) is 0 Å². The first-order valence-corrected chi connectivity index (χ1v) is 11.2. The van der Waals surface area contributed by atoms with Crippen molar-refractivity contribution in [3.05, 3.63) is 40.2 Å². The zero-order chi connectivity index (χ0) is 20.8. The topological polar surface area (TPSA) is 41.4 Å². The van der Waals surface area contributed by atoms with Crippen LogP contribution in [0.15, 0.2) is 23.0 Å². The molecular formula is C23H35FN4O. The Hall–Kier alpha value is -1.79. The minimum atomic E-state index is -0.386. The van der Waals surface area contributed by atoms with E-state index in [-0.39, 0.29) is 17.4 Å². The maximum Gasteiger partial charge on any atom is 0.261 e. The SMILES string of the molecule is CCCCn1c(C(CCC)N2CCCN(CC)CC2)nc2ccc(F)cc2c1=O. The fourth-order valence-corrected chi connectivity index (χ4v) is 4.36. The standard InChI is InChI=1S/C23H35FN4O/c1-4-7-14-28-22(25-20-11-10-18(24)17-19(20)23(28)29)21(9-5-2)27-13-8-12-26(6-3)15-16-27/h10-11,17,21H,4-9,12-16H2,1-3H3. The molecule has 1 aromatic heterocycles. The van der Waals surface area contributed by atoms with Gasteiger partial charge < -0.3 is 4.90 Å². The second-order valence-electron chi connectivity index (χ2n) is 8.07. The van der Waals surface area contributed by atoms with E-state index in [9.17, 15) is 9.18 Å². The normalized spacial score (nSPS) is 17.5. The highest BCUT2D eigenvalue weighted by molar-refractivity contribution is 5.77. The fraction of sp³-hybridized carbons (Fsp3) is 0.652. The number of nitrogens with zero attached hydrogens (tertiary/aromatic N) is 4. The predicted molar refractivity (Wildman–Crippen MR) is 117 cm³/mol. The molecule has 2 aromatic rings. The molecule has 1 aliphatic heterocycles. The van der Waals surface area contributed by atoms with Gasteiger partial charge in [-0.1, -0.05) is 33.6 Å². The van der Waals surface area contributed by atoms with Crippen LogP contribution in [0.1, 0.15) is 64.7 Å². The van der Waals surface area contributed by atoms with Gasteiger partial charge >= 0.3 is 0 Å². The summed E-state index contributed by atoms with van der Waals surface area (Å²) in [4.78, 5) is 23.2. The molecule has 160 valence electrons. The summed E-state index contributed by atoms with van der Waals surface area (Å²) in [6, 6.07) is 4.49. The molecule has 1 saturated heterocycles. The molecule has 0 aliphatic carbocycles. The average molecular weight is 403 g/mol. The van der Waals surface area contributed by atoms with Crippen LogP contribution >= 0.6 is 0 Å². The number of halogens is 1. The zero-order valence-corrected chi connectivity index (χ0v) is 18.2. The molecule has 5 nitrogen and oxygen atoms in total. The number of aromatic nitrogens is 2. The lowest BCUT2D eigenvalue weighted by atomic mass is 10.1. The van der Waals surface area contributed by atoms with E-state index in [2.05, 4.69) is 30.6 Å². The number of hydrogen-bond donors (Lipinski definition) is 0. The molecule has 1 unspecified atom stereocenters. The first-order valence-electron chi connectivity index (χ1n) is 11.2. The molecule has 0 amide bonds. The molecule has 2 heterocycles. The zero-order valence-electron chi connectivity index (χ0n) is 18.2. The lowest BCUT2D eigenvalue weighted by Gasteiger charge is -2.32. The first kappa shape index (κ1) is 21.9. The first-order chi connectivity index (χ1) is 14.1. The van der Waals surface area contributed by atoms with Gasteiger partial charge in [-0.15, -0.1) is 0 Å². The van der Waals surface area contributed by atoms with Crippen molar-refractivity contribution in [2.75, 3.05) is 32.7 Å². The Morgan fingerprint density at radius 1 is 1.10 bits per heavy atom. The second-order valence-corrected chi connectivity index (χ2v) is 8.07. The van der Waals surface area contributed by atoms with Crippen molar-refractivity contribution in [2.45, 2.75) is 65.5 Å². The van der Waals surface area contributed by atoms with Gasteiger partial charge in [0, 0.05) is 26.2 Å².